The van der Waals surface area contributed by atoms with Crippen LogP contribution < -0.4 is 5.11 Å². The lowest BCUT2D eigenvalue weighted by Crippen LogP contribution is -2.33. The van der Waals surface area contributed by atoms with E-state index in [9.17, 15) is 14.7 Å². The first-order valence-electron chi connectivity index (χ1n) is 6.42. The van der Waals surface area contributed by atoms with Crippen molar-refractivity contribution in [3.63, 3.8) is 0 Å². The number of carbonyl (C=O) groups excluding carboxylic acids is 2. The van der Waals surface area contributed by atoms with Crippen LogP contribution in [-0.2, 0) is 19.1 Å². The van der Waals surface area contributed by atoms with Crippen molar-refractivity contribution in [3.8, 4) is 0 Å². The van der Waals surface area contributed by atoms with Crippen LogP contribution in [0.2, 0.25) is 0 Å². The van der Waals surface area contributed by atoms with E-state index < -0.39 is 11.9 Å². The first-order valence-corrected chi connectivity index (χ1v) is 6.42. The van der Waals surface area contributed by atoms with Gasteiger partial charge in [-0.15, -0.1) is 0 Å². The number of carboxylic acid groups (broad SMARTS) is 1. The van der Waals surface area contributed by atoms with Gasteiger partial charge in [-0.3, -0.25) is 0 Å². The van der Waals surface area contributed by atoms with E-state index in [1.165, 1.54) is 0 Å². The second-order valence-electron chi connectivity index (χ2n) is 4.14. The number of esters is 1. The van der Waals surface area contributed by atoms with Crippen molar-refractivity contribution in [2.45, 2.75) is 26.4 Å². The van der Waals surface area contributed by atoms with Crippen LogP contribution >= 0.6 is 0 Å². The van der Waals surface area contributed by atoms with Gasteiger partial charge in [0.05, 0.1) is 23.5 Å². The molecular weight excluding hydrogens is 276 g/mol. The highest BCUT2D eigenvalue weighted by Crippen LogP contribution is 2.05. The van der Waals surface area contributed by atoms with E-state index >= 15 is 0 Å². The van der Waals surface area contributed by atoms with Gasteiger partial charge in [0, 0.05) is 0 Å². The van der Waals surface area contributed by atoms with Crippen molar-refractivity contribution in [1.29, 1.82) is 0 Å². The van der Waals surface area contributed by atoms with E-state index in [0.29, 0.717) is 0 Å². The molecule has 7 nitrogen and oxygen atoms in total. The normalized spacial score (nSPS) is 11.3. The number of H-pyrrole nitrogens is 1. The maximum Gasteiger partial charge on any atom is 0.356 e. The zero-order chi connectivity index (χ0) is 15.7. The Bertz CT molecular complexity index is 551. The molecule has 0 radical (unpaired) electrons. The Balaban J connectivity index is 0.000000216. The van der Waals surface area contributed by atoms with Crippen molar-refractivity contribution >= 4 is 23.0 Å². The van der Waals surface area contributed by atoms with E-state index in [4.69, 9.17) is 4.74 Å². The number of nitrogens with zero attached hydrogens (tertiary/aromatic N) is 1. The van der Waals surface area contributed by atoms with E-state index in [0.717, 1.165) is 17.5 Å². The molecule has 1 aromatic heterocycles. The molecule has 0 saturated heterocycles. The summed E-state index contributed by atoms with van der Waals surface area (Å²) < 4.78 is 9.03. The van der Waals surface area contributed by atoms with Gasteiger partial charge in [-0.2, -0.15) is 0 Å². The van der Waals surface area contributed by atoms with Crippen molar-refractivity contribution in [3.05, 3.63) is 30.6 Å². The summed E-state index contributed by atoms with van der Waals surface area (Å²) in [7, 11) is 0. The summed E-state index contributed by atoms with van der Waals surface area (Å²) in [5.41, 5.74) is 2.12. The molecule has 2 aromatic rings. The second-order valence-corrected chi connectivity index (χ2v) is 4.14. The maximum absolute atomic E-state index is 10.2. The standard InChI is InChI=1S/C7H6N2.C7H12O5/c1-2-4-7-6(3-1)8-5-9-7;1-3-5(2)11-4-12-7(10)6(8)9/h1-5H,(H,8,9);5H,3-4H2,1-2H3,(H,8,9)/p-1. The molecule has 1 heterocycles. The number of fused-ring (bicyclic) bond motifs is 1. The number of nitrogens with one attached hydrogen (secondary N) is 1. The zero-order valence-corrected chi connectivity index (χ0v) is 11.9. The minimum Gasteiger partial charge on any atom is -0.539 e. The minimum atomic E-state index is -1.86. The summed E-state index contributed by atoms with van der Waals surface area (Å²) in [4.78, 5) is 27.1. The van der Waals surface area contributed by atoms with Gasteiger partial charge in [-0.05, 0) is 25.5 Å². The fourth-order valence-electron chi connectivity index (χ4n) is 1.26. The molecule has 21 heavy (non-hydrogen) atoms. The number of aliphatic carboxylic acids is 1. The number of hydrogen-bond donors (Lipinski definition) is 1. The molecule has 0 spiro atoms. The van der Waals surface area contributed by atoms with Gasteiger partial charge in [-0.25, -0.2) is 9.78 Å². The largest absolute Gasteiger partial charge is 0.539 e. The third-order valence-corrected chi connectivity index (χ3v) is 2.61. The number of ether oxygens (including phenoxy) is 2. The molecule has 2 rings (SSSR count). The molecule has 1 aromatic carbocycles. The molecule has 0 aliphatic heterocycles. The SMILES string of the molecule is CCC(C)OCOC(=O)C(=O)[O-].c1ccc2[nH]cnc2c1. The smallest absolute Gasteiger partial charge is 0.356 e. The molecule has 1 atom stereocenters. The van der Waals surface area contributed by atoms with Gasteiger partial charge in [0.1, 0.15) is 0 Å². The molecule has 114 valence electrons. The molecule has 0 fully saturated rings. The predicted molar refractivity (Wildman–Crippen MR) is 72.9 cm³/mol. The Morgan fingerprint density at radius 2 is 2.10 bits per heavy atom. The highest BCUT2D eigenvalue weighted by atomic mass is 16.7. The lowest BCUT2D eigenvalue weighted by molar-refractivity contribution is -0.304. The number of hydrogen-bond acceptors (Lipinski definition) is 6. The first kappa shape index (κ1) is 16.6. The highest BCUT2D eigenvalue weighted by molar-refractivity contribution is 6.27. The number of aromatic nitrogens is 2. The van der Waals surface area contributed by atoms with Crippen LogP contribution in [0.3, 0.4) is 0 Å². The molecule has 0 bridgehead atoms. The monoisotopic (exact) mass is 293 g/mol. The number of aromatic amines is 1. The van der Waals surface area contributed by atoms with Crippen LogP contribution in [-0.4, -0.2) is 34.8 Å². The first-order chi connectivity index (χ1) is 10.0. The van der Waals surface area contributed by atoms with E-state index in [1.54, 1.807) is 13.3 Å². The van der Waals surface area contributed by atoms with Gasteiger partial charge in [0.15, 0.2) is 12.8 Å². The molecular formula is C14H17N2O5-. The van der Waals surface area contributed by atoms with Crippen LogP contribution in [0.4, 0.5) is 0 Å². The number of imidazole rings is 1. The molecule has 1 N–H and O–H groups in total. The summed E-state index contributed by atoms with van der Waals surface area (Å²) >= 11 is 0. The Labute approximate surface area is 121 Å². The molecule has 7 heteroatoms. The number of rotatable bonds is 4. The van der Waals surface area contributed by atoms with Crippen molar-refractivity contribution in [2.75, 3.05) is 6.79 Å². The Hall–Kier alpha value is -2.41. The number of carboxylic acids is 1. The average molecular weight is 293 g/mol. The number of para-hydroxylation sites is 2. The van der Waals surface area contributed by atoms with E-state index in [1.807, 2.05) is 31.2 Å². The quantitative estimate of drug-likeness (QED) is 0.503. The second kappa shape index (κ2) is 8.70. The van der Waals surface area contributed by atoms with Crippen molar-refractivity contribution < 1.29 is 24.2 Å². The molecule has 0 saturated carbocycles. The lowest BCUT2D eigenvalue weighted by atomic mass is 10.3. The van der Waals surface area contributed by atoms with Crippen molar-refractivity contribution in [2.24, 2.45) is 0 Å². The minimum absolute atomic E-state index is 0.0560. The van der Waals surface area contributed by atoms with Crippen molar-refractivity contribution in [1.82, 2.24) is 9.97 Å². The van der Waals surface area contributed by atoms with Gasteiger partial charge in [-0.1, -0.05) is 19.1 Å². The Morgan fingerprint density at radius 3 is 2.71 bits per heavy atom. The molecule has 0 aliphatic carbocycles. The molecule has 0 aliphatic rings. The maximum atomic E-state index is 10.2. The zero-order valence-electron chi connectivity index (χ0n) is 11.9. The van der Waals surface area contributed by atoms with Gasteiger partial charge < -0.3 is 24.4 Å². The van der Waals surface area contributed by atoms with Crippen LogP contribution in [0.1, 0.15) is 20.3 Å². The topological polar surface area (TPSA) is 104 Å². The Morgan fingerprint density at radius 1 is 1.38 bits per heavy atom. The van der Waals surface area contributed by atoms with Gasteiger partial charge in [0.25, 0.3) is 0 Å². The van der Waals surface area contributed by atoms with Crippen LogP contribution in [0.25, 0.3) is 11.0 Å². The average Bonchev–Trinajstić information content (AvgIpc) is 2.95. The summed E-state index contributed by atoms with van der Waals surface area (Å²) in [6.45, 7) is 3.33. The fourth-order valence-corrected chi connectivity index (χ4v) is 1.26. The highest BCUT2D eigenvalue weighted by Gasteiger charge is 2.04. The summed E-state index contributed by atoms with van der Waals surface area (Å²) in [5, 5.41) is 9.80. The van der Waals surface area contributed by atoms with Crippen LogP contribution in [0.5, 0.6) is 0 Å². The van der Waals surface area contributed by atoms with Crippen LogP contribution in [0.15, 0.2) is 30.6 Å². The van der Waals surface area contributed by atoms with Gasteiger partial charge in [0.2, 0.25) is 0 Å². The number of benzene rings is 1. The fraction of sp³-hybridized carbons (Fsp3) is 0.357. The summed E-state index contributed by atoms with van der Waals surface area (Å²) in [6.07, 6.45) is 2.41. The van der Waals surface area contributed by atoms with Crippen LogP contribution in [0, 0.1) is 0 Å². The third-order valence-electron chi connectivity index (χ3n) is 2.61. The summed E-state index contributed by atoms with van der Waals surface area (Å²) in [5.74, 6) is -3.26. The molecule has 0 amide bonds. The number of carbonyl (C=O) groups is 2. The predicted octanol–water partition coefficient (Wildman–Crippen LogP) is 0.615. The van der Waals surface area contributed by atoms with E-state index in [2.05, 4.69) is 14.7 Å². The van der Waals surface area contributed by atoms with E-state index in [-0.39, 0.29) is 12.9 Å². The third kappa shape index (κ3) is 6.05. The molecule has 1 unspecified atom stereocenters. The lowest BCUT2D eigenvalue weighted by Gasteiger charge is -2.10. The Kier molecular flexibility index (Phi) is 6.90. The summed E-state index contributed by atoms with van der Waals surface area (Å²) in [6, 6.07) is 7.94. The van der Waals surface area contributed by atoms with Gasteiger partial charge >= 0.3 is 5.97 Å².